The molecule has 5 heteroatoms. The number of nitrogens with one attached hydrogen (secondary N) is 1. The third-order valence-electron chi connectivity index (χ3n) is 2.60. The third-order valence-corrected chi connectivity index (χ3v) is 3.35. The quantitative estimate of drug-likeness (QED) is 0.862. The molecule has 0 aliphatic rings. The number of thioether (sulfide) groups is 1. The van der Waals surface area contributed by atoms with E-state index in [1.54, 1.807) is 25.7 Å². The van der Waals surface area contributed by atoms with Crippen LogP contribution in [0.2, 0.25) is 0 Å². The van der Waals surface area contributed by atoms with Crippen LogP contribution in [0.4, 0.5) is 10.2 Å². The molecular weight excluding hydrogens is 249 g/mol. The first-order valence-corrected chi connectivity index (χ1v) is 6.74. The highest BCUT2D eigenvalue weighted by Gasteiger charge is 2.11. The van der Waals surface area contributed by atoms with Crippen LogP contribution in [0.5, 0.6) is 0 Å². The molecule has 94 valence electrons. The molecule has 0 saturated carbocycles. The molecule has 2 aromatic rings. The molecule has 18 heavy (non-hydrogen) atoms. The molecule has 0 bridgehead atoms. The van der Waals surface area contributed by atoms with Crippen molar-refractivity contribution in [2.75, 3.05) is 18.6 Å². The van der Waals surface area contributed by atoms with Crippen LogP contribution in [0, 0.1) is 12.7 Å². The predicted octanol–water partition coefficient (Wildman–Crippen LogP) is 3.35. The Morgan fingerprint density at radius 3 is 2.39 bits per heavy atom. The number of aromatic nitrogens is 2. The summed E-state index contributed by atoms with van der Waals surface area (Å²) in [6.45, 7) is 1.64. The Labute approximate surface area is 110 Å². The summed E-state index contributed by atoms with van der Waals surface area (Å²) < 4.78 is 13.6. The Hall–Kier alpha value is -1.62. The molecule has 0 unspecified atom stereocenters. The number of anilines is 1. The molecule has 1 aromatic carbocycles. The van der Waals surface area contributed by atoms with Crippen molar-refractivity contribution >= 4 is 17.6 Å². The molecule has 0 amide bonds. The van der Waals surface area contributed by atoms with E-state index in [0.717, 1.165) is 5.56 Å². The molecule has 1 aromatic heterocycles. The summed E-state index contributed by atoms with van der Waals surface area (Å²) in [6, 6.07) is 7.89. The first-order valence-electron chi connectivity index (χ1n) is 5.52. The molecule has 2 rings (SSSR count). The number of halogens is 1. The van der Waals surface area contributed by atoms with Crippen molar-refractivity contribution in [1.29, 1.82) is 0 Å². The second kappa shape index (κ2) is 5.35. The highest BCUT2D eigenvalue weighted by molar-refractivity contribution is 7.98. The van der Waals surface area contributed by atoms with E-state index in [1.165, 1.54) is 4.90 Å². The molecule has 1 heterocycles. The van der Waals surface area contributed by atoms with Crippen molar-refractivity contribution in [3.63, 3.8) is 0 Å². The zero-order chi connectivity index (χ0) is 13.1. The van der Waals surface area contributed by atoms with Crippen LogP contribution in [0.25, 0.3) is 11.4 Å². The van der Waals surface area contributed by atoms with Gasteiger partial charge >= 0.3 is 0 Å². The molecule has 0 radical (unpaired) electrons. The fraction of sp³-hybridized carbons (Fsp3) is 0.231. The molecule has 0 saturated heterocycles. The maximum absolute atomic E-state index is 13.6. The van der Waals surface area contributed by atoms with Gasteiger partial charge in [0.1, 0.15) is 0 Å². The number of nitrogens with zero attached hydrogens (tertiary/aromatic N) is 2. The SMILES string of the molecule is CNc1nc(-c2ccc(SC)cc2)nc(C)c1F. The Morgan fingerprint density at radius 2 is 1.83 bits per heavy atom. The summed E-state index contributed by atoms with van der Waals surface area (Å²) in [5.74, 6) is 0.360. The summed E-state index contributed by atoms with van der Waals surface area (Å²) in [5.41, 5.74) is 1.23. The van der Waals surface area contributed by atoms with E-state index in [0.29, 0.717) is 11.5 Å². The Balaban J connectivity index is 2.46. The zero-order valence-corrected chi connectivity index (χ0v) is 11.3. The molecule has 3 nitrogen and oxygen atoms in total. The van der Waals surface area contributed by atoms with Gasteiger partial charge in [-0.05, 0) is 25.3 Å². The average Bonchev–Trinajstić information content (AvgIpc) is 2.42. The van der Waals surface area contributed by atoms with Crippen molar-refractivity contribution in [2.45, 2.75) is 11.8 Å². The van der Waals surface area contributed by atoms with Crippen LogP contribution in [-0.2, 0) is 0 Å². The van der Waals surface area contributed by atoms with Gasteiger partial charge in [-0.3, -0.25) is 0 Å². The van der Waals surface area contributed by atoms with Gasteiger partial charge in [0, 0.05) is 17.5 Å². The highest BCUT2D eigenvalue weighted by atomic mass is 32.2. The van der Waals surface area contributed by atoms with Gasteiger partial charge < -0.3 is 5.32 Å². The molecule has 0 spiro atoms. The van der Waals surface area contributed by atoms with Crippen LogP contribution in [0.1, 0.15) is 5.69 Å². The van der Waals surface area contributed by atoms with Gasteiger partial charge in [-0.25, -0.2) is 14.4 Å². The predicted molar refractivity (Wildman–Crippen MR) is 73.5 cm³/mol. The van der Waals surface area contributed by atoms with E-state index in [4.69, 9.17) is 0 Å². The van der Waals surface area contributed by atoms with Crippen LogP contribution in [0.15, 0.2) is 29.2 Å². The van der Waals surface area contributed by atoms with E-state index in [2.05, 4.69) is 15.3 Å². The number of rotatable bonds is 3. The lowest BCUT2D eigenvalue weighted by Gasteiger charge is -2.07. The minimum absolute atomic E-state index is 0.228. The topological polar surface area (TPSA) is 37.8 Å². The largest absolute Gasteiger partial charge is 0.371 e. The molecule has 0 aliphatic carbocycles. The second-order valence-corrected chi connectivity index (χ2v) is 4.65. The Kier molecular flexibility index (Phi) is 3.81. The summed E-state index contributed by atoms with van der Waals surface area (Å²) in [7, 11) is 1.64. The first-order chi connectivity index (χ1) is 8.65. The van der Waals surface area contributed by atoms with Crippen molar-refractivity contribution in [3.8, 4) is 11.4 Å². The number of hydrogen-bond acceptors (Lipinski definition) is 4. The van der Waals surface area contributed by atoms with Crippen molar-refractivity contribution in [3.05, 3.63) is 35.8 Å². The fourth-order valence-corrected chi connectivity index (χ4v) is 2.00. The van der Waals surface area contributed by atoms with E-state index >= 15 is 0 Å². The summed E-state index contributed by atoms with van der Waals surface area (Å²) in [6.07, 6.45) is 2.02. The van der Waals surface area contributed by atoms with Gasteiger partial charge in [-0.1, -0.05) is 12.1 Å². The standard InChI is InChI=1S/C13H14FN3S/c1-8-11(14)13(15-2)17-12(16-8)9-4-6-10(18-3)7-5-9/h4-7H,1-3H3,(H,15,16,17). The number of benzene rings is 1. The Morgan fingerprint density at radius 1 is 1.17 bits per heavy atom. The fourth-order valence-electron chi connectivity index (χ4n) is 1.59. The van der Waals surface area contributed by atoms with Gasteiger partial charge in [-0.2, -0.15) is 0 Å². The molecule has 1 N–H and O–H groups in total. The van der Waals surface area contributed by atoms with Crippen LogP contribution >= 0.6 is 11.8 Å². The van der Waals surface area contributed by atoms with E-state index in [-0.39, 0.29) is 5.82 Å². The number of aryl methyl sites for hydroxylation is 1. The molecule has 0 atom stereocenters. The molecular formula is C13H14FN3S. The smallest absolute Gasteiger partial charge is 0.186 e. The number of hydrogen-bond donors (Lipinski definition) is 1. The molecule has 0 aliphatic heterocycles. The normalized spacial score (nSPS) is 10.4. The van der Waals surface area contributed by atoms with Crippen molar-refractivity contribution < 1.29 is 4.39 Å². The minimum Gasteiger partial charge on any atom is -0.371 e. The average molecular weight is 263 g/mol. The van der Waals surface area contributed by atoms with Crippen LogP contribution < -0.4 is 5.32 Å². The van der Waals surface area contributed by atoms with Gasteiger partial charge in [0.2, 0.25) is 0 Å². The van der Waals surface area contributed by atoms with E-state index in [1.807, 2.05) is 30.5 Å². The van der Waals surface area contributed by atoms with Crippen molar-refractivity contribution in [2.24, 2.45) is 0 Å². The maximum atomic E-state index is 13.6. The van der Waals surface area contributed by atoms with Gasteiger partial charge in [0.15, 0.2) is 17.5 Å². The Bertz CT molecular complexity index is 555. The second-order valence-electron chi connectivity index (χ2n) is 3.77. The van der Waals surface area contributed by atoms with Crippen LogP contribution in [-0.4, -0.2) is 23.3 Å². The minimum atomic E-state index is -0.401. The lowest BCUT2D eigenvalue weighted by atomic mass is 10.2. The third kappa shape index (κ3) is 2.46. The summed E-state index contributed by atoms with van der Waals surface area (Å²) in [4.78, 5) is 9.52. The van der Waals surface area contributed by atoms with E-state index < -0.39 is 5.82 Å². The summed E-state index contributed by atoms with van der Waals surface area (Å²) in [5, 5.41) is 2.74. The summed E-state index contributed by atoms with van der Waals surface area (Å²) >= 11 is 1.67. The zero-order valence-electron chi connectivity index (χ0n) is 10.5. The van der Waals surface area contributed by atoms with Gasteiger partial charge in [0.05, 0.1) is 5.69 Å². The van der Waals surface area contributed by atoms with Gasteiger partial charge in [-0.15, -0.1) is 11.8 Å². The van der Waals surface area contributed by atoms with Gasteiger partial charge in [0.25, 0.3) is 0 Å². The van der Waals surface area contributed by atoms with E-state index in [9.17, 15) is 4.39 Å². The lowest BCUT2D eigenvalue weighted by Crippen LogP contribution is -2.03. The highest BCUT2D eigenvalue weighted by Crippen LogP contribution is 2.23. The van der Waals surface area contributed by atoms with Crippen molar-refractivity contribution in [1.82, 2.24) is 9.97 Å². The monoisotopic (exact) mass is 263 g/mol. The maximum Gasteiger partial charge on any atom is 0.186 e. The first kappa shape index (κ1) is 12.8. The molecule has 0 fully saturated rings. The lowest BCUT2D eigenvalue weighted by molar-refractivity contribution is 0.607. The van der Waals surface area contributed by atoms with Crippen LogP contribution in [0.3, 0.4) is 0 Å².